The quantitative estimate of drug-likeness (QED) is 0.166. The summed E-state index contributed by atoms with van der Waals surface area (Å²) >= 11 is 0. The molecule has 0 amide bonds. The second kappa shape index (κ2) is 13.7. The zero-order chi connectivity index (χ0) is 34.7. The molecule has 1 N–H and O–H groups in total. The Morgan fingerprint density at radius 1 is 0.346 bits per heavy atom. The van der Waals surface area contributed by atoms with Gasteiger partial charge in [-0.05, 0) is 97.1 Å². The maximum atomic E-state index is 3.72. The second-order valence-electron chi connectivity index (χ2n) is 12.8. The van der Waals surface area contributed by atoms with Crippen LogP contribution in [0.2, 0.25) is 0 Å². The van der Waals surface area contributed by atoms with Gasteiger partial charge in [-0.3, -0.25) is 0 Å². The van der Waals surface area contributed by atoms with Crippen LogP contribution >= 0.6 is 0 Å². The normalized spacial score (nSPS) is 11.1. The van der Waals surface area contributed by atoms with Gasteiger partial charge in [0.15, 0.2) is 0 Å². The first-order valence-electron chi connectivity index (χ1n) is 17.6. The molecular formula is C48H36N4. The summed E-state index contributed by atoms with van der Waals surface area (Å²) < 4.78 is 2.41. The zero-order valence-electron chi connectivity index (χ0n) is 28.5. The lowest BCUT2D eigenvalue weighted by Crippen LogP contribution is -2.14. The average molecular weight is 669 g/mol. The fraction of sp³-hybridized carbons (Fsp3) is 0. The molecule has 0 radical (unpaired) electrons. The molecule has 0 fully saturated rings. The van der Waals surface area contributed by atoms with Gasteiger partial charge in [0.1, 0.15) is 0 Å². The van der Waals surface area contributed by atoms with Crippen molar-refractivity contribution in [3.05, 3.63) is 212 Å². The van der Waals surface area contributed by atoms with E-state index in [1.54, 1.807) is 0 Å². The average Bonchev–Trinajstić information content (AvgIpc) is 3.55. The second-order valence-corrected chi connectivity index (χ2v) is 12.8. The van der Waals surface area contributed by atoms with Gasteiger partial charge in [0.05, 0.1) is 28.1 Å². The minimum atomic E-state index is 1.05. The van der Waals surface area contributed by atoms with E-state index in [0.29, 0.717) is 0 Å². The highest BCUT2D eigenvalue weighted by Gasteiger charge is 2.21. The molecule has 4 heteroatoms. The zero-order valence-corrected chi connectivity index (χ0v) is 28.5. The molecule has 1 heterocycles. The van der Waals surface area contributed by atoms with Gasteiger partial charge in [0.2, 0.25) is 0 Å². The highest BCUT2D eigenvalue weighted by Crippen LogP contribution is 2.44. The molecule has 0 aliphatic heterocycles. The summed E-state index contributed by atoms with van der Waals surface area (Å²) in [7, 11) is 0. The molecule has 8 aromatic carbocycles. The van der Waals surface area contributed by atoms with Crippen molar-refractivity contribution in [2.45, 2.75) is 0 Å². The van der Waals surface area contributed by atoms with Gasteiger partial charge in [-0.1, -0.05) is 115 Å². The number of rotatable bonds is 9. The molecular weight excluding hydrogens is 633 g/mol. The Morgan fingerprint density at radius 2 is 0.769 bits per heavy atom. The molecule has 0 aliphatic rings. The van der Waals surface area contributed by atoms with E-state index < -0.39 is 0 Å². The number of fused-ring (bicyclic) bond motifs is 3. The summed E-state index contributed by atoms with van der Waals surface area (Å²) in [5, 5.41) is 6.09. The lowest BCUT2D eigenvalue weighted by atomic mass is 10.1. The van der Waals surface area contributed by atoms with Gasteiger partial charge in [-0.15, -0.1) is 0 Å². The van der Waals surface area contributed by atoms with Crippen molar-refractivity contribution >= 4 is 67.3 Å². The van der Waals surface area contributed by atoms with E-state index in [4.69, 9.17) is 0 Å². The molecule has 0 saturated carbocycles. The van der Waals surface area contributed by atoms with Crippen molar-refractivity contribution in [1.82, 2.24) is 4.57 Å². The molecule has 1 aromatic heterocycles. The van der Waals surface area contributed by atoms with Crippen molar-refractivity contribution in [1.29, 1.82) is 0 Å². The van der Waals surface area contributed by atoms with Crippen LogP contribution in [0.3, 0.4) is 0 Å². The Balaban J connectivity index is 1.35. The number of nitrogens with zero attached hydrogens (tertiary/aromatic N) is 3. The monoisotopic (exact) mass is 668 g/mol. The largest absolute Gasteiger partial charge is 0.355 e. The van der Waals surface area contributed by atoms with E-state index in [1.165, 1.54) is 10.8 Å². The van der Waals surface area contributed by atoms with Crippen molar-refractivity contribution in [3.8, 4) is 5.69 Å². The molecule has 4 nitrogen and oxygen atoms in total. The molecule has 0 spiro atoms. The first-order chi connectivity index (χ1) is 25.8. The predicted molar refractivity (Wildman–Crippen MR) is 220 cm³/mol. The Labute approximate surface area is 304 Å². The molecule has 0 unspecified atom stereocenters. The highest BCUT2D eigenvalue weighted by molar-refractivity contribution is 6.15. The maximum absolute atomic E-state index is 3.72. The van der Waals surface area contributed by atoms with E-state index in [2.05, 4.69) is 226 Å². The molecule has 0 bridgehead atoms. The van der Waals surface area contributed by atoms with Gasteiger partial charge in [0.25, 0.3) is 0 Å². The summed E-state index contributed by atoms with van der Waals surface area (Å²) in [6.07, 6.45) is 0. The van der Waals surface area contributed by atoms with E-state index >= 15 is 0 Å². The van der Waals surface area contributed by atoms with Crippen LogP contribution in [0.25, 0.3) is 27.5 Å². The molecule has 0 saturated heterocycles. The summed E-state index contributed by atoms with van der Waals surface area (Å²) in [6, 6.07) is 75.1. The molecule has 0 atom stereocenters. The topological polar surface area (TPSA) is 23.4 Å². The van der Waals surface area contributed by atoms with Crippen molar-refractivity contribution < 1.29 is 0 Å². The van der Waals surface area contributed by atoms with Crippen LogP contribution in [0.4, 0.5) is 45.5 Å². The lowest BCUT2D eigenvalue weighted by Gasteiger charge is -2.30. The van der Waals surface area contributed by atoms with Crippen LogP contribution in [0.15, 0.2) is 212 Å². The minimum absolute atomic E-state index is 1.05. The molecule has 0 aliphatic carbocycles. The standard InChI is InChI=1S/C48H36N4/c1-6-19-36(20-7-1)49-45-30-18-32-47-48(45)44-29-16-17-31-46(44)52(47)43-34-41(50(37-21-8-2-9-22-37)38-23-10-3-11-24-38)33-42(35-43)51(39-25-12-4-13-26-39)40-27-14-5-15-28-40/h1-35,49H. The number of hydrogen-bond donors (Lipinski definition) is 1. The summed E-state index contributed by atoms with van der Waals surface area (Å²) in [6.45, 7) is 0. The summed E-state index contributed by atoms with van der Waals surface area (Å²) in [4.78, 5) is 4.69. The van der Waals surface area contributed by atoms with Crippen molar-refractivity contribution in [3.63, 3.8) is 0 Å². The Morgan fingerprint density at radius 3 is 1.27 bits per heavy atom. The number of benzene rings is 8. The first kappa shape index (κ1) is 31.0. The number of aromatic nitrogens is 1. The maximum Gasteiger partial charge on any atom is 0.0562 e. The molecule has 9 rings (SSSR count). The predicted octanol–water partition coefficient (Wildman–Crippen LogP) is 13.5. The Bertz CT molecular complexity index is 2400. The first-order valence-corrected chi connectivity index (χ1v) is 17.6. The van der Waals surface area contributed by atoms with Crippen LogP contribution in [0, 0.1) is 0 Å². The molecule has 52 heavy (non-hydrogen) atoms. The smallest absolute Gasteiger partial charge is 0.0562 e. The molecule has 248 valence electrons. The fourth-order valence-corrected chi connectivity index (χ4v) is 7.25. The van der Waals surface area contributed by atoms with Crippen LogP contribution in [0.1, 0.15) is 0 Å². The Kier molecular flexibility index (Phi) is 8.16. The van der Waals surface area contributed by atoms with Crippen molar-refractivity contribution in [2.24, 2.45) is 0 Å². The van der Waals surface area contributed by atoms with Crippen LogP contribution < -0.4 is 15.1 Å². The highest BCUT2D eigenvalue weighted by atomic mass is 15.2. The van der Waals surface area contributed by atoms with E-state index in [0.717, 1.165) is 62.2 Å². The SMILES string of the molecule is c1ccc(Nc2cccc3c2c2ccccc2n3-c2cc(N(c3ccccc3)c3ccccc3)cc(N(c3ccccc3)c3ccccc3)c2)cc1. The van der Waals surface area contributed by atoms with Crippen LogP contribution in [-0.2, 0) is 0 Å². The third-order valence-electron chi connectivity index (χ3n) is 9.47. The minimum Gasteiger partial charge on any atom is -0.355 e. The molecule has 9 aromatic rings. The summed E-state index contributed by atoms with van der Waals surface area (Å²) in [5.41, 5.74) is 11.9. The number of anilines is 8. The van der Waals surface area contributed by atoms with E-state index in [9.17, 15) is 0 Å². The van der Waals surface area contributed by atoms with E-state index in [-0.39, 0.29) is 0 Å². The van der Waals surface area contributed by atoms with Crippen LogP contribution in [-0.4, -0.2) is 4.57 Å². The summed E-state index contributed by atoms with van der Waals surface area (Å²) in [5.74, 6) is 0. The Hall–Kier alpha value is -7.04. The van der Waals surface area contributed by atoms with Gasteiger partial charge in [-0.25, -0.2) is 0 Å². The van der Waals surface area contributed by atoms with Gasteiger partial charge in [0, 0.05) is 44.9 Å². The third-order valence-corrected chi connectivity index (χ3v) is 9.47. The number of hydrogen-bond acceptors (Lipinski definition) is 3. The van der Waals surface area contributed by atoms with Crippen molar-refractivity contribution in [2.75, 3.05) is 15.1 Å². The lowest BCUT2D eigenvalue weighted by molar-refractivity contribution is 1.16. The van der Waals surface area contributed by atoms with Gasteiger partial charge < -0.3 is 19.7 Å². The van der Waals surface area contributed by atoms with Gasteiger partial charge in [-0.2, -0.15) is 0 Å². The number of para-hydroxylation sites is 6. The van der Waals surface area contributed by atoms with Gasteiger partial charge >= 0.3 is 0 Å². The fourth-order valence-electron chi connectivity index (χ4n) is 7.25. The third kappa shape index (κ3) is 5.82. The van der Waals surface area contributed by atoms with E-state index in [1.807, 2.05) is 6.07 Å². The number of nitrogens with one attached hydrogen (secondary N) is 1. The van der Waals surface area contributed by atoms with Crippen LogP contribution in [0.5, 0.6) is 0 Å².